The molecule has 1 aromatic carbocycles. The van der Waals surface area contributed by atoms with Crippen molar-refractivity contribution < 1.29 is 8.42 Å². The third kappa shape index (κ3) is 2.60. The van der Waals surface area contributed by atoms with Crippen molar-refractivity contribution in [1.29, 1.82) is 0 Å². The molecule has 1 rings (SSSR count). The summed E-state index contributed by atoms with van der Waals surface area (Å²) in [5.41, 5.74) is 5.99. The molecule has 0 aliphatic carbocycles. The Morgan fingerprint density at radius 2 is 2.07 bits per heavy atom. The summed E-state index contributed by atoms with van der Waals surface area (Å²) in [5.74, 6) is 0.151. The van der Waals surface area contributed by atoms with E-state index in [2.05, 4.69) is 22.6 Å². The molecule has 0 fully saturated rings. The van der Waals surface area contributed by atoms with Crippen molar-refractivity contribution in [1.82, 2.24) is 0 Å². The molecule has 0 saturated heterocycles. The zero-order chi connectivity index (χ0) is 10.8. The predicted molar refractivity (Wildman–Crippen MR) is 65.9 cm³/mol. The molecule has 5 heteroatoms. The van der Waals surface area contributed by atoms with E-state index in [-0.39, 0.29) is 10.6 Å². The molecule has 0 amide bonds. The van der Waals surface area contributed by atoms with Gasteiger partial charge in [0, 0.05) is 3.57 Å². The van der Waals surface area contributed by atoms with Gasteiger partial charge in [-0.05, 0) is 47.2 Å². The largest absolute Gasteiger partial charge is 0.398 e. The summed E-state index contributed by atoms with van der Waals surface area (Å²) in [6.07, 6.45) is 0.605. The van der Waals surface area contributed by atoms with E-state index in [0.29, 0.717) is 12.1 Å². The Bertz CT molecular complexity index is 428. The number of nitrogen functional groups attached to an aromatic ring is 1. The van der Waals surface area contributed by atoms with Crippen LogP contribution in [0.15, 0.2) is 23.1 Å². The monoisotopic (exact) mass is 325 g/mol. The maximum Gasteiger partial charge on any atom is 0.180 e. The molecule has 0 bridgehead atoms. The molecule has 0 aliphatic heterocycles. The smallest absolute Gasteiger partial charge is 0.180 e. The molecular weight excluding hydrogens is 313 g/mol. The third-order valence-electron chi connectivity index (χ3n) is 1.78. The van der Waals surface area contributed by atoms with Crippen LogP contribution in [0.4, 0.5) is 5.69 Å². The Hall–Kier alpha value is -0.300. The molecular formula is C9H12INO2S. The lowest BCUT2D eigenvalue weighted by molar-refractivity contribution is 0.595. The lowest BCUT2D eigenvalue weighted by Crippen LogP contribution is -2.08. The van der Waals surface area contributed by atoms with Crippen molar-refractivity contribution in [2.24, 2.45) is 0 Å². The van der Waals surface area contributed by atoms with Gasteiger partial charge in [0.1, 0.15) is 0 Å². The maximum absolute atomic E-state index is 11.7. The first kappa shape index (κ1) is 11.8. The first-order valence-corrected chi connectivity index (χ1v) is 6.98. The number of halogens is 1. The summed E-state index contributed by atoms with van der Waals surface area (Å²) in [5, 5.41) is 0. The van der Waals surface area contributed by atoms with Crippen LogP contribution in [0.25, 0.3) is 0 Å². The van der Waals surface area contributed by atoms with Crippen LogP contribution in [0.3, 0.4) is 0 Å². The molecule has 78 valence electrons. The van der Waals surface area contributed by atoms with E-state index in [4.69, 9.17) is 5.73 Å². The van der Waals surface area contributed by atoms with Crippen LogP contribution in [0.5, 0.6) is 0 Å². The van der Waals surface area contributed by atoms with Gasteiger partial charge in [0.2, 0.25) is 0 Å². The molecule has 0 aliphatic rings. The van der Waals surface area contributed by atoms with Gasteiger partial charge in [-0.25, -0.2) is 8.42 Å². The Balaban J connectivity index is 3.20. The second-order valence-electron chi connectivity index (χ2n) is 3.00. The summed E-state index contributed by atoms with van der Waals surface area (Å²) in [6, 6.07) is 4.99. The van der Waals surface area contributed by atoms with Gasteiger partial charge in [0.15, 0.2) is 9.84 Å². The van der Waals surface area contributed by atoms with Crippen molar-refractivity contribution in [3.8, 4) is 0 Å². The molecule has 0 spiro atoms. The SMILES string of the molecule is CCCS(=O)(=O)c1ccc(I)cc1N. The summed E-state index contributed by atoms with van der Waals surface area (Å²) >= 11 is 2.10. The van der Waals surface area contributed by atoms with Crippen LogP contribution in [0.1, 0.15) is 13.3 Å². The highest BCUT2D eigenvalue weighted by Gasteiger charge is 2.16. The van der Waals surface area contributed by atoms with Crippen molar-refractivity contribution in [3.63, 3.8) is 0 Å². The lowest BCUT2D eigenvalue weighted by atomic mass is 10.3. The molecule has 0 aromatic heterocycles. The average molecular weight is 325 g/mol. The average Bonchev–Trinajstić information content (AvgIpc) is 2.02. The van der Waals surface area contributed by atoms with E-state index in [0.717, 1.165) is 3.57 Å². The maximum atomic E-state index is 11.7. The predicted octanol–water partition coefficient (Wildman–Crippen LogP) is 2.06. The summed E-state index contributed by atoms with van der Waals surface area (Å²) in [6.45, 7) is 1.83. The Morgan fingerprint density at radius 1 is 1.43 bits per heavy atom. The lowest BCUT2D eigenvalue weighted by Gasteiger charge is -2.06. The third-order valence-corrected chi connectivity index (χ3v) is 4.44. The highest BCUT2D eigenvalue weighted by Crippen LogP contribution is 2.22. The van der Waals surface area contributed by atoms with E-state index in [9.17, 15) is 8.42 Å². The highest BCUT2D eigenvalue weighted by atomic mass is 127. The Labute approximate surface area is 97.8 Å². The zero-order valence-electron chi connectivity index (χ0n) is 7.83. The van der Waals surface area contributed by atoms with Gasteiger partial charge >= 0.3 is 0 Å². The van der Waals surface area contributed by atoms with Gasteiger partial charge in [-0.1, -0.05) is 6.92 Å². The quantitative estimate of drug-likeness (QED) is 0.683. The van der Waals surface area contributed by atoms with Gasteiger partial charge < -0.3 is 5.73 Å². The van der Waals surface area contributed by atoms with E-state index < -0.39 is 9.84 Å². The minimum atomic E-state index is -3.19. The Morgan fingerprint density at radius 3 is 2.57 bits per heavy atom. The van der Waals surface area contributed by atoms with Gasteiger partial charge in [0.05, 0.1) is 16.3 Å². The fraction of sp³-hybridized carbons (Fsp3) is 0.333. The number of sulfone groups is 1. The minimum absolute atomic E-state index is 0.151. The zero-order valence-corrected chi connectivity index (χ0v) is 10.8. The van der Waals surface area contributed by atoms with Crippen LogP contribution in [0.2, 0.25) is 0 Å². The molecule has 3 nitrogen and oxygen atoms in total. The Kier molecular flexibility index (Phi) is 3.77. The fourth-order valence-corrected chi connectivity index (χ4v) is 3.15. The second-order valence-corrected chi connectivity index (χ2v) is 6.32. The second kappa shape index (κ2) is 4.48. The molecule has 1 aromatic rings. The first-order chi connectivity index (χ1) is 6.47. The minimum Gasteiger partial charge on any atom is -0.398 e. The van der Waals surface area contributed by atoms with Crippen molar-refractivity contribution in [2.45, 2.75) is 18.2 Å². The highest BCUT2D eigenvalue weighted by molar-refractivity contribution is 14.1. The van der Waals surface area contributed by atoms with Crippen LogP contribution < -0.4 is 5.73 Å². The van der Waals surface area contributed by atoms with E-state index in [1.165, 1.54) is 0 Å². The first-order valence-electron chi connectivity index (χ1n) is 4.25. The number of nitrogens with two attached hydrogens (primary N) is 1. The van der Waals surface area contributed by atoms with Crippen molar-refractivity contribution >= 4 is 38.1 Å². The summed E-state index contributed by atoms with van der Waals surface area (Å²) in [7, 11) is -3.19. The molecule has 14 heavy (non-hydrogen) atoms. The van der Waals surface area contributed by atoms with Gasteiger partial charge in [-0.2, -0.15) is 0 Å². The van der Waals surface area contributed by atoms with Crippen LogP contribution in [-0.4, -0.2) is 14.2 Å². The van der Waals surface area contributed by atoms with E-state index in [1.54, 1.807) is 18.2 Å². The number of rotatable bonds is 3. The van der Waals surface area contributed by atoms with Crippen LogP contribution >= 0.6 is 22.6 Å². The van der Waals surface area contributed by atoms with E-state index >= 15 is 0 Å². The number of benzene rings is 1. The molecule has 2 N–H and O–H groups in total. The van der Waals surface area contributed by atoms with Crippen molar-refractivity contribution in [3.05, 3.63) is 21.8 Å². The molecule has 0 heterocycles. The van der Waals surface area contributed by atoms with Crippen LogP contribution in [0, 0.1) is 3.57 Å². The standard InChI is InChI=1S/C9H12INO2S/c1-2-5-14(12,13)9-4-3-7(10)6-8(9)11/h3-4,6H,2,5,11H2,1H3. The van der Waals surface area contributed by atoms with Crippen molar-refractivity contribution in [2.75, 3.05) is 11.5 Å². The topological polar surface area (TPSA) is 60.2 Å². The molecule has 0 radical (unpaired) electrons. The number of hydrogen-bond acceptors (Lipinski definition) is 3. The molecule has 0 saturated carbocycles. The van der Waals surface area contributed by atoms with Gasteiger partial charge in [-0.15, -0.1) is 0 Å². The summed E-state index contributed by atoms with van der Waals surface area (Å²) < 4.78 is 24.3. The normalized spacial score (nSPS) is 11.6. The number of anilines is 1. The van der Waals surface area contributed by atoms with E-state index in [1.807, 2.05) is 6.92 Å². The molecule has 0 unspecified atom stereocenters. The van der Waals surface area contributed by atoms with Gasteiger partial charge in [0.25, 0.3) is 0 Å². The van der Waals surface area contributed by atoms with Crippen LogP contribution in [-0.2, 0) is 9.84 Å². The molecule has 0 atom stereocenters. The van der Waals surface area contributed by atoms with Gasteiger partial charge in [-0.3, -0.25) is 0 Å². The summed E-state index contributed by atoms with van der Waals surface area (Å²) in [4.78, 5) is 0.250. The fourth-order valence-electron chi connectivity index (χ4n) is 1.18. The number of hydrogen-bond donors (Lipinski definition) is 1.